The number of ether oxygens (including phenoxy) is 2. The molecule has 126 valence electrons. The maximum Gasteiger partial charge on any atom is 0.358 e. The van der Waals surface area contributed by atoms with Crippen molar-refractivity contribution in [3.05, 3.63) is 72.1 Å². The molecule has 2 N–H and O–H groups in total. The fourth-order valence-electron chi connectivity index (χ4n) is 2.13. The van der Waals surface area contributed by atoms with Crippen molar-refractivity contribution in [1.29, 1.82) is 0 Å². The summed E-state index contributed by atoms with van der Waals surface area (Å²) in [4.78, 5) is 23.9. The molecule has 3 aromatic rings. The van der Waals surface area contributed by atoms with Gasteiger partial charge in [0, 0.05) is 5.56 Å². The topological polar surface area (TPSA) is 93.3 Å². The number of hydrogen-bond acceptors (Lipinski definition) is 5. The average molecular weight is 337 g/mol. The van der Waals surface area contributed by atoms with Crippen LogP contribution in [0.3, 0.4) is 0 Å². The summed E-state index contributed by atoms with van der Waals surface area (Å²) in [5.74, 6) is 0.333. The molecular formula is C18H15N3O4. The monoisotopic (exact) mass is 337 g/mol. The Kier molecular flexibility index (Phi) is 4.75. The van der Waals surface area contributed by atoms with Gasteiger partial charge in [-0.2, -0.15) is 5.10 Å². The smallest absolute Gasteiger partial charge is 0.358 e. The number of hydrogen-bond donors (Lipinski definition) is 2. The minimum Gasteiger partial charge on any atom is -0.464 e. The number of carbonyl (C=O) groups excluding carboxylic acids is 2. The first kappa shape index (κ1) is 16.3. The molecule has 0 aliphatic carbocycles. The van der Waals surface area contributed by atoms with E-state index in [1.54, 1.807) is 24.3 Å². The van der Waals surface area contributed by atoms with Crippen LogP contribution in [0.5, 0.6) is 11.5 Å². The van der Waals surface area contributed by atoms with Gasteiger partial charge in [-0.3, -0.25) is 9.89 Å². The lowest BCUT2D eigenvalue weighted by Crippen LogP contribution is -2.14. The van der Waals surface area contributed by atoms with Crippen molar-refractivity contribution >= 4 is 17.6 Å². The van der Waals surface area contributed by atoms with E-state index in [1.807, 2.05) is 30.3 Å². The Morgan fingerprint density at radius 3 is 2.36 bits per heavy atom. The molecule has 25 heavy (non-hydrogen) atoms. The predicted octanol–water partition coefficient (Wildman–Crippen LogP) is 3.24. The van der Waals surface area contributed by atoms with Gasteiger partial charge in [0.2, 0.25) is 0 Å². The van der Waals surface area contributed by atoms with Crippen LogP contribution in [0.1, 0.15) is 20.8 Å². The molecule has 0 saturated carbocycles. The molecule has 1 aromatic heterocycles. The summed E-state index contributed by atoms with van der Waals surface area (Å²) in [5, 5.41) is 8.85. The molecule has 2 aromatic carbocycles. The van der Waals surface area contributed by atoms with Crippen LogP contribution in [0.15, 0.2) is 60.8 Å². The number of esters is 1. The van der Waals surface area contributed by atoms with Gasteiger partial charge in [0.15, 0.2) is 5.69 Å². The number of amides is 1. The van der Waals surface area contributed by atoms with E-state index in [1.165, 1.54) is 13.3 Å². The second-order valence-corrected chi connectivity index (χ2v) is 5.04. The summed E-state index contributed by atoms with van der Waals surface area (Å²) in [6.07, 6.45) is 1.34. The van der Waals surface area contributed by atoms with E-state index >= 15 is 0 Å². The number of rotatable bonds is 5. The van der Waals surface area contributed by atoms with E-state index in [-0.39, 0.29) is 17.3 Å². The lowest BCUT2D eigenvalue weighted by Gasteiger charge is -2.07. The number of methoxy groups -OCH3 is 1. The van der Waals surface area contributed by atoms with Crippen LogP contribution in [0.25, 0.3) is 0 Å². The highest BCUT2D eigenvalue weighted by atomic mass is 16.5. The van der Waals surface area contributed by atoms with Crippen molar-refractivity contribution in [3.8, 4) is 11.5 Å². The zero-order chi connectivity index (χ0) is 17.6. The number of aromatic nitrogens is 2. The number of benzene rings is 2. The van der Waals surface area contributed by atoms with E-state index < -0.39 is 5.97 Å². The molecule has 3 rings (SSSR count). The summed E-state index contributed by atoms with van der Waals surface area (Å²) in [5.41, 5.74) is 0.749. The lowest BCUT2D eigenvalue weighted by molar-refractivity contribution is 0.0595. The van der Waals surface area contributed by atoms with Crippen LogP contribution in [-0.2, 0) is 4.74 Å². The Morgan fingerprint density at radius 2 is 1.68 bits per heavy atom. The molecule has 0 aliphatic rings. The maximum atomic E-state index is 12.3. The highest BCUT2D eigenvalue weighted by molar-refractivity contribution is 6.07. The number of aromatic amines is 1. The SMILES string of the molecule is COC(=O)c1[nH]ncc1NC(=O)c1ccc(Oc2ccccc2)cc1. The average Bonchev–Trinajstić information content (AvgIpc) is 3.10. The number of carbonyl (C=O) groups is 2. The standard InChI is InChI=1S/C18H15N3O4/c1-24-18(23)16-15(11-19-21-16)20-17(22)12-7-9-14(10-8-12)25-13-5-3-2-4-6-13/h2-11H,1H3,(H,19,21)(H,20,22). The molecule has 0 bridgehead atoms. The van der Waals surface area contributed by atoms with E-state index in [9.17, 15) is 9.59 Å². The van der Waals surface area contributed by atoms with Crippen molar-refractivity contribution < 1.29 is 19.1 Å². The molecular weight excluding hydrogens is 322 g/mol. The second-order valence-electron chi connectivity index (χ2n) is 5.04. The zero-order valence-electron chi connectivity index (χ0n) is 13.4. The number of H-pyrrole nitrogens is 1. The van der Waals surface area contributed by atoms with Crippen LogP contribution in [0.2, 0.25) is 0 Å². The lowest BCUT2D eigenvalue weighted by atomic mass is 10.2. The van der Waals surface area contributed by atoms with Gasteiger partial charge in [0.1, 0.15) is 11.5 Å². The van der Waals surface area contributed by atoms with Crippen molar-refractivity contribution in [3.63, 3.8) is 0 Å². The Morgan fingerprint density at radius 1 is 1.00 bits per heavy atom. The van der Waals surface area contributed by atoms with Gasteiger partial charge in [-0.05, 0) is 36.4 Å². The van der Waals surface area contributed by atoms with Crippen LogP contribution in [0, 0.1) is 0 Å². The third-order valence-corrected chi connectivity index (χ3v) is 3.37. The Labute approximate surface area is 143 Å². The van der Waals surface area contributed by atoms with Gasteiger partial charge in [-0.15, -0.1) is 0 Å². The molecule has 0 fully saturated rings. The summed E-state index contributed by atoms with van der Waals surface area (Å²) < 4.78 is 10.3. The van der Waals surface area contributed by atoms with Gasteiger partial charge in [0.05, 0.1) is 19.0 Å². The Hall–Kier alpha value is -3.61. The normalized spacial score (nSPS) is 10.1. The number of nitrogens with one attached hydrogen (secondary N) is 2. The minimum absolute atomic E-state index is 0.0832. The van der Waals surface area contributed by atoms with Gasteiger partial charge in [-0.1, -0.05) is 18.2 Å². The molecule has 0 spiro atoms. The molecule has 1 amide bonds. The summed E-state index contributed by atoms with van der Waals surface area (Å²) in [7, 11) is 1.25. The summed E-state index contributed by atoms with van der Waals surface area (Å²) >= 11 is 0. The molecule has 1 heterocycles. The number of para-hydroxylation sites is 1. The molecule has 0 aliphatic heterocycles. The molecule has 0 unspecified atom stereocenters. The van der Waals surface area contributed by atoms with Gasteiger partial charge in [-0.25, -0.2) is 4.79 Å². The molecule has 7 heteroatoms. The molecule has 0 atom stereocenters. The van der Waals surface area contributed by atoms with Crippen molar-refractivity contribution in [1.82, 2.24) is 10.2 Å². The number of nitrogens with zero attached hydrogens (tertiary/aromatic N) is 1. The second kappa shape index (κ2) is 7.31. The zero-order valence-corrected chi connectivity index (χ0v) is 13.4. The first-order chi connectivity index (χ1) is 12.2. The Balaban J connectivity index is 1.69. The fourth-order valence-corrected chi connectivity index (χ4v) is 2.13. The summed E-state index contributed by atoms with van der Waals surface area (Å²) in [6.45, 7) is 0. The molecule has 0 saturated heterocycles. The van der Waals surface area contributed by atoms with Crippen LogP contribution >= 0.6 is 0 Å². The van der Waals surface area contributed by atoms with Crippen molar-refractivity contribution in [2.75, 3.05) is 12.4 Å². The first-order valence-corrected chi connectivity index (χ1v) is 7.43. The quantitative estimate of drug-likeness (QED) is 0.697. The minimum atomic E-state index is -0.612. The van der Waals surface area contributed by atoms with Gasteiger partial charge < -0.3 is 14.8 Å². The van der Waals surface area contributed by atoms with Crippen molar-refractivity contribution in [2.45, 2.75) is 0 Å². The maximum absolute atomic E-state index is 12.3. The third kappa shape index (κ3) is 3.84. The van der Waals surface area contributed by atoms with Crippen LogP contribution < -0.4 is 10.1 Å². The Bertz CT molecular complexity index is 873. The predicted molar refractivity (Wildman–Crippen MR) is 90.8 cm³/mol. The van der Waals surface area contributed by atoms with E-state index in [0.717, 1.165) is 0 Å². The summed E-state index contributed by atoms with van der Waals surface area (Å²) in [6, 6.07) is 16.0. The molecule has 7 nitrogen and oxygen atoms in total. The third-order valence-electron chi connectivity index (χ3n) is 3.37. The highest BCUT2D eigenvalue weighted by Gasteiger charge is 2.17. The largest absolute Gasteiger partial charge is 0.464 e. The highest BCUT2D eigenvalue weighted by Crippen LogP contribution is 2.22. The fraction of sp³-hybridized carbons (Fsp3) is 0.0556. The van der Waals surface area contributed by atoms with Crippen molar-refractivity contribution in [2.24, 2.45) is 0 Å². The number of anilines is 1. The van der Waals surface area contributed by atoms with Crippen LogP contribution in [-0.4, -0.2) is 29.2 Å². The van der Waals surface area contributed by atoms with Crippen LogP contribution in [0.4, 0.5) is 5.69 Å². The first-order valence-electron chi connectivity index (χ1n) is 7.43. The van der Waals surface area contributed by atoms with E-state index in [4.69, 9.17) is 4.74 Å². The van der Waals surface area contributed by atoms with E-state index in [2.05, 4.69) is 20.3 Å². The molecule has 0 radical (unpaired) electrons. The van der Waals surface area contributed by atoms with Gasteiger partial charge >= 0.3 is 5.97 Å². The van der Waals surface area contributed by atoms with E-state index in [0.29, 0.717) is 17.1 Å². The van der Waals surface area contributed by atoms with Gasteiger partial charge in [0.25, 0.3) is 5.91 Å².